The SMILES string of the molecule is CC(O)CC(C)NC(=O)C1CC2CCC1N2. The van der Waals surface area contributed by atoms with E-state index < -0.39 is 0 Å². The van der Waals surface area contributed by atoms with Gasteiger partial charge in [0.05, 0.1) is 12.0 Å². The van der Waals surface area contributed by atoms with E-state index in [9.17, 15) is 9.90 Å². The molecule has 2 bridgehead atoms. The van der Waals surface area contributed by atoms with E-state index in [2.05, 4.69) is 10.6 Å². The van der Waals surface area contributed by atoms with E-state index in [0.717, 1.165) is 12.8 Å². The van der Waals surface area contributed by atoms with Crippen molar-refractivity contribution in [2.24, 2.45) is 5.92 Å². The molecule has 16 heavy (non-hydrogen) atoms. The van der Waals surface area contributed by atoms with Crippen molar-refractivity contribution >= 4 is 5.91 Å². The normalized spacial score (nSPS) is 36.1. The molecule has 1 amide bonds. The maximum atomic E-state index is 12.0. The monoisotopic (exact) mass is 226 g/mol. The highest BCUT2D eigenvalue weighted by Gasteiger charge is 2.42. The molecule has 0 aliphatic carbocycles. The first kappa shape index (κ1) is 11.9. The van der Waals surface area contributed by atoms with Gasteiger partial charge in [0.15, 0.2) is 0 Å². The summed E-state index contributed by atoms with van der Waals surface area (Å²) in [5, 5.41) is 15.7. The number of carbonyl (C=O) groups excluding carboxylic acids is 1. The van der Waals surface area contributed by atoms with Gasteiger partial charge < -0.3 is 15.7 Å². The van der Waals surface area contributed by atoms with Gasteiger partial charge in [-0.1, -0.05) is 0 Å². The Labute approximate surface area is 96.8 Å². The molecule has 3 N–H and O–H groups in total. The van der Waals surface area contributed by atoms with E-state index in [0.29, 0.717) is 18.5 Å². The number of aliphatic hydroxyl groups excluding tert-OH is 1. The molecule has 0 aromatic rings. The minimum Gasteiger partial charge on any atom is -0.393 e. The highest BCUT2D eigenvalue weighted by atomic mass is 16.3. The Bertz CT molecular complexity index is 268. The number of rotatable bonds is 4. The van der Waals surface area contributed by atoms with Crippen LogP contribution in [0.3, 0.4) is 0 Å². The number of fused-ring (bicyclic) bond motifs is 2. The van der Waals surface area contributed by atoms with E-state index in [-0.39, 0.29) is 24.0 Å². The number of nitrogens with one attached hydrogen (secondary N) is 2. The van der Waals surface area contributed by atoms with Gasteiger partial charge in [-0.25, -0.2) is 0 Å². The largest absolute Gasteiger partial charge is 0.393 e. The van der Waals surface area contributed by atoms with Crippen molar-refractivity contribution in [3.05, 3.63) is 0 Å². The Morgan fingerprint density at radius 1 is 1.50 bits per heavy atom. The number of hydrogen-bond acceptors (Lipinski definition) is 3. The topological polar surface area (TPSA) is 61.4 Å². The van der Waals surface area contributed by atoms with E-state index in [1.165, 1.54) is 6.42 Å². The Morgan fingerprint density at radius 3 is 2.75 bits per heavy atom. The first-order valence-corrected chi connectivity index (χ1v) is 6.30. The van der Waals surface area contributed by atoms with Crippen molar-refractivity contribution in [3.8, 4) is 0 Å². The van der Waals surface area contributed by atoms with Crippen LogP contribution in [0.4, 0.5) is 0 Å². The molecule has 2 fully saturated rings. The average Bonchev–Trinajstić information content (AvgIpc) is 2.76. The Hall–Kier alpha value is -0.610. The van der Waals surface area contributed by atoms with Gasteiger partial charge in [-0.05, 0) is 39.5 Å². The van der Waals surface area contributed by atoms with Crippen LogP contribution in [0.1, 0.15) is 39.5 Å². The molecule has 92 valence electrons. The van der Waals surface area contributed by atoms with Crippen LogP contribution in [0.25, 0.3) is 0 Å². The standard InChI is InChI=1S/C12H22N2O2/c1-7(5-8(2)15)13-12(16)10-6-9-3-4-11(10)14-9/h7-11,14-15H,3-6H2,1-2H3,(H,13,16). The third-order valence-electron chi connectivity index (χ3n) is 3.72. The summed E-state index contributed by atoms with van der Waals surface area (Å²) < 4.78 is 0. The van der Waals surface area contributed by atoms with Gasteiger partial charge >= 0.3 is 0 Å². The molecule has 0 aromatic heterocycles. The van der Waals surface area contributed by atoms with Gasteiger partial charge in [0.25, 0.3) is 0 Å². The zero-order valence-electron chi connectivity index (χ0n) is 10.1. The lowest BCUT2D eigenvalue weighted by molar-refractivity contribution is -0.126. The lowest BCUT2D eigenvalue weighted by Crippen LogP contribution is -2.42. The molecule has 2 aliphatic heterocycles. The molecule has 5 unspecified atom stereocenters. The van der Waals surface area contributed by atoms with Crippen LogP contribution in [0.2, 0.25) is 0 Å². The van der Waals surface area contributed by atoms with Crippen molar-refractivity contribution in [3.63, 3.8) is 0 Å². The molecule has 0 aromatic carbocycles. The zero-order chi connectivity index (χ0) is 11.7. The molecule has 2 aliphatic rings. The summed E-state index contributed by atoms with van der Waals surface area (Å²) in [6.07, 6.45) is 3.61. The molecular formula is C12H22N2O2. The van der Waals surface area contributed by atoms with Crippen LogP contribution < -0.4 is 10.6 Å². The van der Waals surface area contributed by atoms with Crippen LogP contribution in [0.15, 0.2) is 0 Å². The number of amides is 1. The molecule has 0 radical (unpaired) electrons. The molecule has 2 rings (SSSR count). The van der Waals surface area contributed by atoms with Crippen LogP contribution in [0, 0.1) is 5.92 Å². The fourth-order valence-electron chi connectivity index (χ4n) is 3.03. The summed E-state index contributed by atoms with van der Waals surface area (Å²) in [5.41, 5.74) is 0. The van der Waals surface area contributed by atoms with Crippen molar-refractivity contribution in [1.82, 2.24) is 10.6 Å². The van der Waals surface area contributed by atoms with E-state index in [4.69, 9.17) is 0 Å². The molecule has 4 nitrogen and oxygen atoms in total. The minimum absolute atomic E-state index is 0.0617. The molecule has 0 spiro atoms. The van der Waals surface area contributed by atoms with E-state index in [1.807, 2.05) is 6.92 Å². The zero-order valence-corrected chi connectivity index (χ0v) is 10.1. The predicted molar refractivity (Wildman–Crippen MR) is 62.0 cm³/mol. The van der Waals surface area contributed by atoms with Crippen LogP contribution in [0.5, 0.6) is 0 Å². The summed E-state index contributed by atoms with van der Waals surface area (Å²) in [4.78, 5) is 12.0. The van der Waals surface area contributed by atoms with Crippen LogP contribution in [-0.2, 0) is 4.79 Å². The Balaban J connectivity index is 1.80. The van der Waals surface area contributed by atoms with Gasteiger partial charge in [0.2, 0.25) is 5.91 Å². The highest BCUT2D eigenvalue weighted by Crippen LogP contribution is 2.33. The molecule has 5 atom stereocenters. The first-order valence-electron chi connectivity index (χ1n) is 6.30. The van der Waals surface area contributed by atoms with Crippen molar-refractivity contribution in [1.29, 1.82) is 0 Å². The quantitative estimate of drug-likeness (QED) is 0.650. The second-order valence-electron chi connectivity index (χ2n) is 5.38. The molecule has 4 heteroatoms. The number of carbonyl (C=O) groups is 1. The summed E-state index contributed by atoms with van der Waals surface area (Å²) in [7, 11) is 0. The summed E-state index contributed by atoms with van der Waals surface area (Å²) in [6, 6.07) is 1.02. The third-order valence-corrected chi connectivity index (χ3v) is 3.72. The van der Waals surface area contributed by atoms with Crippen LogP contribution >= 0.6 is 0 Å². The van der Waals surface area contributed by atoms with Gasteiger partial charge in [-0.2, -0.15) is 0 Å². The minimum atomic E-state index is -0.353. The van der Waals surface area contributed by atoms with E-state index in [1.54, 1.807) is 6.92 Å². The predicted octanol–water partition coefficient (Wildman–Crippen LogP) is 0.402. The summed E-state index contributed by atoms with van der Waals surface area (Å²) >= 11 is 0. The molecule has 2 saturated heterocycles. The fourth-order valence-corrected chi connectivity index (χ4v) is 3.03. The van der Waals surface area contributed by atoms with Gasteiger partial charge in [0, 0.05) is 18.1 Å². The van der Waals surface area contributed by atoms with Crippen molar-refractivity contribution in [2.45, 2.75) is 63.8 Å². The first-order chi connectivity index (χ1) is 7.56. The highest BCUT2D eigenvalue weighted by molar-refractivity contribution is 5.80. The fraction of sp³-hybridized carbons (Fsp3) is 0.917. The van der Waals surface area contributed by atoms with Crippen molar-refractivity contribution in [2.75, 3.05) is 0 Å². The van der Waals surface area contributed by atoms with E-state index >= 15 is 0 Å². The summed E-state index contributed by atoms with van der Waals surface area (Å²) in [5.74, 6) is 0.308. The Kier molecular flexibility index (Phi) is 3.50. The smallest absolute Gasteiger partial charge is 0.224 e. The molecular weight excluding hydrogens is 204 g/mol. The van der Waals surface area contributed by atoms with Gasteiger partial charge in [-0.15, -0.1) is 0 Å². The van der Waals surface area contributed by atoms with Gasteiger partial charge in [-0.3, -0.25) is 4.79 Å². The molecule has 2 heterocycles. The lowest BCUT2D eigenvalue weighted by atomic mass is 9.88. The van der Waals surface area contributed by atoms with Crippen molar-refractivity contribution < 1.29 is 9.90 Å². The second-order valence-corrected chi connectivity index (χ2v) is 5.38. The lowest BCUT2D eigenvalue weighted by Gasteiger charge is -2.22. The number of hydrogen-bond donors (Lipinski definition) is 3. The van der Waals surface area contributed by atoms with Gasteiger partial charge in [0.1, 0.15) is 0 Å². The number of aliphatic hydroxyl groups is 1. The second kappa shape index (κ2) is 4.72. The maximum Gasteiger partial charge on any atom is 0.224 e. The summed E-state index contributed by atoms with van der Waals surface area (Å²) in [6.45, 7) is 3.70. The third kappa shape index (κ3) is 2.55. The molecule has 0 saturated carbocycles. The Morgan fingerprint density at radius 2 is 2.25 bits per heavy atom. The maximum absolute atomic E-state index is 12.0. The average molecular weight is 226 g/mol. The van der Waals surface area contributed by atoms with Crippen LogP contribution in [-0.4, -0.2) is 35.2 Å².